The van der Waals surface area contributed by atoms with Crippen molar-refractivity contribution in [1.29, 1.82) is 0 Å². The lowest BCUT2D eigenvalue weighted by molar-refractivity contribution is -0.120. The summed E-state index contributed by atoms with van der Waals surface area (Å²) in [5, 5.41) is 4.67. The van der Waals surface area contributed by atoms with Crippen LogP contribution in [0.25, 0.3) is 0 Å². The lowest BCUT2D eigenvalue weighted by Gasteiger charge is -2.14. The molecule has 0 radical (unpaired) electrons. The topological polar surface area (TPSA) is 75.3 Å². The maximum Gasteiger partial charge on any atom is 0.501 e. The van der Waals surface area contributed by atoms with Crippen LogP contribution in [0.4, 0.5) is 23.2 Å². The second kappa shape index (κ2) is 6.29. The van der Waals surface area contributed by atoms with Gasteiger partial charge in [0.05, 0.1) is 5.69 Å². The first-order chi connectivity index (χ1) is 9.59. The van der Waals surface area contributed by atoms with Gasteiger partial charge < -0.3 is 10.6 Å². The zero-order chi connectivity index (χ0) is 16.3. The van der Waals surface area contributed by atoms with Crippen LogP contribution in [-0.2, 0) is 14.6 Å². The van der Waals surface area contributed by atoms with Gasteiger partial charge in [-0.3, -0.25) is 4.79 Å². The van der Waals surface area contributed by atoms with Crippen LogP contribution in [0, 0.1) is 5.82 Å². The van der Waals surface area contributed by atoms with E-state index in [-0.39, 0.29) is 24.9 Å². The molecule has 0 heterocycles. The second-order valence-electron chi connectivity index (χ2n) is 3.94. The van der Waals surface area contributed by atoms with Crippen molar-refractivity contribution in [3.8, 4) is 0 Å². The Morgan fingerprint density at radius 2 is 1.90 bits per heavy atom. The highest BCUT2D eigenvalue weighted by Crippen LogP contribution is 2.34. The molecule has 0 fully saturated rings. The van der Waals surface area contributed by atoms with Crippen molar-refractivity contribution in [1.82, 2.24) is 5.32 Å². The summed E-state index contributed by atoms with van der Waals surface area (Å²) < 4.78 is 73.4. The molecular weight excluding hydrogens is 316 g/mol. The third kappa shape index (κ3) is 4.06. The van der Waals surface area contributed by atoms with Crippen molar-refractivity contribution in [2.75, 3.05) is 18.9 Å². The summed E-state index contributed by atoms with van der Waals surface area (Å²) in [7, 11) is -4.31. The predicted molar refractivity (Wildman–Crippen MR) is 66.8 cm³/mol. The van der Waals surface area contributed by atoms with E-state index in [1.165, 1.54) is 7.05 Å². The van der Waals surface area contributed by atoms with Gasteiger partial charge in [-0.25, -0.2) is 12.8 Å². The summed E-state index contributed by atoms with van der Waals surface area (Å²) >= 11 is 0. The van der Waals surface area contributed by atoms with E-state index in [1.807, 2.05) is 0 Å². The van der Waals surface area contributed by atoms with Crippen LogP contribution in [0.5, 0.6) is 0 Å². The second-order valence-corrected chi connectivity index (χ2v) is 5.85. The number of sulfone groups is 1. The van der Waals surface area contributed by atoms with Crippen LogP contribution in [0.1, 0.15) is 6.42 Å². The third-order valence-electron chi connectivity index (χ3n) is 2.48. The van der Waals surface area contributed by atoms with Gasteiger partial charge in [-0.1, -0.05) is 0 Å². The largest absolute Gasteiger partial charge is 0.501 e. The molecule has 1 amide bonds. The first-order valence-electron chi connectivity index (χ1n) is 5.65. The first kappa shape index (κ1) is 17.2. The molecule has 2 N–H and O–H groups in total. The number of nitrogens with one attached hydrogen (secondary N) is 2. The normalized spacial score (nSPS) is 12.0. The van der Waals surface area contributed by atoms with Crippen LogP contribution < -0.4 is 10.6 Å². The Hall–Kier alpha value is -1.84. The molecule has 10 heteroatoms. The fourth-order valence-electron chi connectivity index (χ4n) is 1.42. The van der Waals surface area contributed by atoms with E-state index >= 15 is 0 Å². The molecule has 21 heavy (non-hydrogen) atoms. The lowest BCUT2D eigenvalue weighted by Crippen LogP contribution is -2.25. The summed E-state index contributed by atoms with van der Waals surface area (Å²) in [6.45, 7) is -0.105. The standard InChI is InChI=1S/C11H12F4N2O3S/c1-16-10(18)4-5-17-8-3-2-7(12)6-9(8)21(19,20)11(13,14)15/h2-3,6,17H,4-5H2,1H3,(H,16,18). The highest BCUT2D eigenvalue weighted by molar-refractivity contribution is 7.92. The van der Waals surface area contributed by atoms with E-state index in [0.29, 0.717) is 0 Å². The van der Waals surface area contributed by atoms with Gasteiger partial charge in [0.1, 0.15) is 10.7 Å². The number of hydrogen-bond donors (Lipinski definition) is 2. The molecule has 5 nitrogen and oxygen atoms in total. The van der Waals surface area contributed by atoms with E-state index in [9.17, 15) is 30.8 Å². The van der Waals surface area contributed by atoms with Crippen molar-refractivity contribution in [3.63, 3.8) is 0 Å². The fourth-order valence-corrected chi connectivity index (χ4v) is 2.37. The number of amides is 1. The number of alkyl halides is 3. The zero-order valence-electron chi connectivity index (χ0n) is 10.8. The van der Waals surface area contributed by atoms with Crippen molar-refractivity contribution < 1.29 is 30.8 Å². The van der Waals surface area contributed by atoms with E-state index < -0.39 is 31.7 Å². The van der Waals surface area contributed by atoms with Gasteiger partial charge in [0.2, 0.25) is 5.91 Å². The van der Waals surface area contributed by atoms with Gasteiger partial charge in [0.15, 0.2) is 0 Å². The van der Waals surface area contributed by atoms with Crippen LogP contribution >= 0.6 is 0 Å². The number of anilines is 1. The Labute approximate surface area is 118 Å². The van der Waals surface area contributed by atoms with Crippen molar-refractivity contribution >= 4 is 21.4 Å². The summed E-state index contributed by atoms with van der Waals surface area (Å²) in [5.74, 6) is -1.50. The molecule has 0 saturated carbocycles. The average Bonchev–Trinajstić information content (AvgIpc) is 2.38. The van der Waals surface area contributed by atoms with E-state index in [0.717, 1.165) is 12.1 Å². The van der Waals surface area contributed by atoms with Crippen LogP contribution in [-0.4, -0.2) is 33.4 Å². The number of rotatable bonds is 5. The number of halogens is 4. The molecule has 0 aliphatic rings. The highest BCUT2D eigenvalue weighted by atomic mass is 32.2. The van der Waals surface area contributed by atoms with Crippen molar-refractivity contribution in [3.05, 3.63) is 24.0 Å². The minimum absolute atomic E-state index is 0.0839. The molecule has 0 bridgehead atoms. The van der Waals surface area contributed by atoms with Crippen LogP contribution in [0.3, 0.4) is 0 Å². The number of carbonyl (C=O) groups is 1. The average molecular weight is 328 g/mol. The van der Waals surface area contributed by atoms with Gasteiger partial charge in [-0.15, -0.1) is 0 Å². The third-order valence-corrected chi connectivity index (χ3v) is 4.01. The molecule has 0 unspecified atom stereocenters. The molecule has 0 spiro atoms. The SMILES string of the molecule is CNC(=O)CCNc1ccc(F)cc1S(=O)(=O)C(F)(F)F. The molecule has 1 aromatic rings. The minimum atomic E-state index is -5.69. The van der Waals surface area contributed by atoms with Gasteiger partial charge in [-0.05, 0) is 18.2 Å². The van der Waals surface area contributed by atoms with E-state index in [2.05, 4.69) is 10.6 Å². The molecule has 0 saturated heterocycles. The monoisotopic (exact) mass is 328 g/mol. The Morgan fingerprint density at radius 1 is 1.29 bits per heavy atom. The quantitative estimate of drug-likeness (QED) is 0.806. The van der Waals surface area contributed by atoms with Crippen molar-refractivity contribution in [2.45, 2.75) is 16.8 Å². The predicted octanol–water partition coefficient (Wildman–Crippen LogP) is 1.67. The van der Waals surface area contributed by atoms with Gasteiger partial charge >= 0.3 is 5.51 Å². The minimum Gasteiger partial charge on any atom is -0.383 e. The maximum atomic E-state index is 13.0. The smallest absolute Gasteiger partial charge is 0.383 e. The molecule has 0 aliphatic carbocycles. The highest BCUT2D eigenvalue weighted by Gasteiger charge is 2.48. The van der Waals surface area contributed by atoms with Gasteiger partial charge in [0, 0.05) is 20.0 Å². The summed E-state index contributed by atoms with van der Waals surface area (Å²) in [6, 6.07) is 1.97. The van der Waals surface area contributed by atoms with E-state index in [1.54, 1.807) is 0 Å². The zero-order valence-corrected chi connectivity index (χ0v) is 11.6. The lowest BCUT2D eigenvalue weighted by atomic mass is 10.3. The Morgan fingerprint density at radius 3 is 2.43 bits per heavy atom. The maximum absolute atomic E-state index is 13.0. The molecule has 0 atom stereocenters. The molecular formula is C11H12F4N2O3S. The summed E-state index contributed by atoms with van der Waals surface area (Å²) in [4.78, 5) is 9.77. The summed E-state index contributed by atoms with van der Waals surface area (Å²) in [5.41, 5.74) is -5.96. The van der Waals surface area contributed by atoms with Crippen LogP contribution in [0.15, 0.2) is 23.1 Å². The summed E-state index contributed by atoms with van der Waals surface area (Å²) in [6.07, 6.45) is -0.0839. The van der Waals surface area contributed by atoms with E-state index in [4.69, 9.17) is 0 Å². The first-order valence-corrected chi connectivity index (χ1v) is 7.13. The molecule has 0 aliphatic heterocycles. The van der Waals surface area contributed by atoms with Gasteiger partial charge in [0.25, 0.3) is 9.84 Å². The molecule has 1 aromatic carbocycles. The Kier molecular flexibility index (Phi) is 5.15. The Bertz CT molecular complexity index is 629. The van der Waals surface area contributed by atoms with Gasteiger partial charge in [-0.2, -0.15) is 13.2 Å². The van der Waals surface area contributed by atoms with Crippen molar-refractivity contribution in [2.24, 2.45) is 0 Å². The van der Waals surface area contributed by atoms with Crippen LogP contribution in [0.2, 0.25) is 0 Å². The molecule has 0 aromatic heterocycles. The number of carbonyl (C=O) groups excluding carboxylic acids is 1. The Balaban J connectivity index is 3.10. The molecule has 1 rings (SSSR count). The fraction of sp³-hybridized carbons (Fsp3) is 0.364. The number of hydrogen-bond acceptors (Lipinski definition) is 4. The molecule has 118 valence electrons. The number of benzene rings is 1.